The average molecular weight is 422 g/mol. The zero-order valence-electron chi connectivity index (χ0n) is 15.3. The van der Waals surface area contributed by atoms with Crippen molar-refractivity contribution in [1.82, 2.24) is 14.9 Å². The van der Waals surface area contributed by atoms with Crippen molar-refractivity contribution in [3.8, 4) is 11.5 Å². The fourth-order valence-corrected chi connectivity index (χ4v) is 2.69. The van der Waals surface area contributed by atoms with Crippen molar-refractivity contribution in [3.63, 3.8) is 0 Å². The summed E-state index contributed by atoms with van der Waals surface area (Å²) in [5.41, 5.74) is 1.65. The van der Waals surface area contributed by atoms with Crippen molar-refractivity contribution in [2.45, 2.75) is 12.6 Å². The normalized spacial score (nSPS) is 11.7. The summed E-state index contributed by atoms with van der Waals surface area (Å²) in [7, 11) is 1.48. The molecule has 0 radical (unpaired) electrons. The van der Waals surface area contributed by atoms with Gasteiger partial charge in [0.2, 0.25) is 4.77 Å². The zero-order chi connectivity index (χ0) is 20.9. The van der Waals surface area contributed by atoms with E-state index in [-0.39, 0.29) is 4.77 Å². The van der Waals surface area contributed by atoms with Crippen molar-refractivity contribution in [2.75, 3.05) is 13.7 Å². The van der Waals surface area contributed by atoms with Crippen molar-refractivity contribution in [3.05, 3.63) is 70.3 Å². The Bertz CT molecular complexity index is 1050. The summed E-state index contributed by atoms with van der Waals surface area (Å²) in [6.45, 7) is 0.451. The summed E-state index contributed by atoms with van der Waals surface area (Å²) in [5, 5.41) is 9.04. The number of hydrogen-bond acceptors (Lipinski definition) is 5. The number of alkyl halides is 3. The predicted molar refractivity (Wildman–Crippen MR) is 104 cm³/mol. The first kappa shape index (κ1) is 20.6. The maximum Gasteiger partial charge on any atom is 0.453 e. The van der Waals surface area contributed by atoms with Crippen molar-refractivity contribution in [1.29, 1.82) is 0 Å². The first-order valence-corrected chi connectivity index (χ1v) is 8.93. The van der Waals surface area contributed by atoms with Gasteiger partial charge in [0.05, 0.1) is 19.9 Å². The van der Waals surface area contributed by atoms with E-state index in [1.54, 1.807) is 18.2 Å². The van der Waals surface area contributed by atoms with Crippen LogP contribution in [-0.4, -0.2) is 34.8 Å². The van der Waals surface area contributed by atoms with Gasteiger partial charge in [-0.1, -0.05) is 30.3 Å². The van der Waals surface area contributed by atoms with Gasteiger partial charge in [-0.2, -0.15) is 22.9 Å². The summed E-state index contributed by atoms with van der Waals surface area (Å²) < 4.78 is 50.2. The molecule has 6 nitrogen and oxygen atoms in total. The second-order valence-electron chi connectivity index (χ2n) is 5.90. The van der Waals surface area contributed by atoms with E-state index in [9.17, 15) is 13.2 Å². The van der Waals surface area contributed by atoms with Crippen molar-refractivity contribution in [2.24, 2.45) is 5.10 Å². The Morgan fingerprint density at radius 3 is 2.62 bits per heavy atom. The Morgan fingerprint density at radius 2 is 1.93 bits per heavy atom. The van der Waals surface area contributed by atoms with Crippen LogP contribution < -0.4 is 9.47 Å². The number of hydrogen-bond donors (Lipinski definition) is 1. The van der Waals surface area contributed by atoms with Gasteiger partial charge in [-0.3, -0.25) is 0 Å². The minimum Gasteiger partial charge on any atom is -0.493 e. The van der Waals surface area contributed by atoms with E-state index in [2.05, 4.69) is 15.3 Å². The summed E-state index contributed by atoms with van der Waals surface area (Å²) in [6, 6.07) is 14.8. The van der Waals surface area contributed by atoms with Gasteiger partial charge in [0.15, 0.2) is 11.5 Å². The van der Waals surface area contributed by atoms with E-state index in [0.717, 1.165) is 12.0 Å². The molecular weight excluding hydrogens is 405 g/mol. The molecule has 10 heteroatoms. The standard InChI is InChI=1S/C19H17F3N4O2S/c1-27-16-11-14(12-23-26-17(19(20,21)22)24-25-18(26)29)7-8-15(16)28-10-9-13-5-3-2-4-6-13/h2-8,11-12H,9-10H2,1H3,(H,25,29)/b23-12-. The third-order valence-electron chi connectivity index (χ3n) is 3.91. The fraction of sp³-hybridized carbons (Fsp3) is 0.211. The Labute approximate surface area is 169 Å². The summed E-state index contributed by atoms with van der Waals surface area (Å²) in [4.78, 5) is 0. The quantitative estimate of drug-likeness (QED) is 0.451. The molecule has 1 heterocycles. The molecule has 1 aromatic heterocycles. The van der Waals surface area contributed by atoms with Crippen LogP contribution in [0.15, 0.2) is 53.6 Å². The highest BCUT2D eigenvalue weighted by atomic mass is 32.1. The van der Waals surface area contributed by atoms with Crippen LogP contribution >= 0.6 is 12.2 Å². The van der Waals surface area contributed by atoms with Gasteiger partial charge in [0, 0.05) is 6.42 Å². The van der Waals surface area contributed by atoms with Crippen LogP contribution in [0.3, 0.4) is 0 Å². The lowest BCUT2D eigenvalue weighted by molar-refractivity contribution is -0.147. The number of ether oxygens (including phenoxy) is 2. The minimum absolute atomic E-state index is 0.263. The molecule has 1 N–H and O–H groups in total. The summed E-state index contributed by atoms with van der Waals surface area (Å²) in [5.74, 6) is -0.267. The van der Waals surface area contributed by atoms with Crippen LogP contribution in [0, 0.1) is 4.77 Å². The van der Waals surface area contributed by atoms with E-state index < -0.39 is 12.0 Å². The van der Waals surface area contributed by atoms with Crippen molar-refractivity contribution < 1.29 is 22.6 Å². The Balaban J connectivity index is 1.73. The number of methoxy groups -OCH3 is 1. The molecule has 29 heavy (non-hydrogen) atoms. The minimum atomic E-state index is -4.68. The van der Waals surface area contributed by atoms with Crippen LogP contribution in [0.2, 0.25) is 0 Å². The fourth-order valence-electron chi connectivity index (χ4n) is 2.51. The lowest BCUT2D eigenvalue weighted by Crippen LogP contribution is -2.12. The average Bonchev–Trinajstić information content (AvgIpc) is 3.08. The number of benzene rings is 2. The molecule has 0 atom stereocenters. The Kier molecular flexibility index (Phi) is 6.32. The Morgan fingerprint density at radius 1 is 1.17 bits per heavy atom. The molecule has 0 aliphatic carbocycles. The highest BCUT2D eigenvalue weighted by Gasteiger charge is 2.37. The first-order chi connectivity index (χ1) is 13.9. The molecule has 0 amide bonds. The lowest BCUT2D eigenvalue weighted by Gasteiger charge is -2.11. The van der Waals surface area contributed by atoms with E-state index in [1.807, 2.05) is 30.3 Å². The van der Waals surface area contributed by atoms with E-state index >= 15 is 0 Å². The SMILES string of the molecule is COc1cc(/C=N\n2c(C(F)(F)F)n[nH]c2=S)ccc1OCCc1ccccc1. The van der Waals surface area contributed by atoms with Gasteiger partial charge in [0.25, 0.3) is 5.82 Å². The monoisotopic (exact) mass is 422 g/mol. The molecule has 3 rings (SSSR count). The lowest BCUT2D eigenvalue weighted by atomic mass is 10.2. The van der Waals surface area contributed by atoms with Crippen LogP contribution in [-0.2, 0) is 12.6 Å². The van der Waals surface area contributed by atoms with Crippen LogP contribution in [0.4, 0.5) is 13.2 Å². The number of aromatic nitrogens is 3. The molecule has 0 aliphatic heterocycles. The topological polar surface area (TPSA) is 64.4 Å². The summed E-state index contributed by atoms with van der Waals surface area (Å²) in [6.07, 6.45) is -2.72. The van der Waals surface area contributed by atoms with Gasteiger partial charge in [-0.05, 0) is 41.5 Å². The van der Waals surface area contributed by atoms with Crippen LogP contribution in [0.25, 0.3) is 0 Å². The first-order valence-electron chi connectivity index (χ1n) is 8.52. The Hall–Kier alpha value is -3.14. The number of halogens is 3. The molecule has 2 aromatic carbocycles. The van der Waals surface area contributed by atoms with E-state index in [0.29, 0.717) is 28.3 Å². The third-order valence-corrected chi connectivity index (χ3v) is 4.17. The van der Waals surface area contributed by atoms with Gasteiger partial charge in [-0.25, -0.2) is 5.10 Å². The maximum atomic E-state index is 12.9. The zero-order valence-corrected chi connectivity index (χ0v) is 16.1. The number of H-pyrrole nitrogens is 1. The molecule has 0 aliphatic rings. The van der Waals surface area contributed by atoms with Gasteiger partial charge in [-0.15, -0.1) is 5.10 Å². The van der Waals surface area contributed by atoms with E-state index in [4.69, 9.17) is 21.7 Å². The molecule has 0 unspecified atom stereocenters. The van der Waals surface area contributed by atoms with Crippen LogP contribution in [0.5, 0.6) is 11.5 Å². The second kappa shape index (κ2) is 8.91. The van der Waals surface area contributed by atoms with Crippen LogP contribution in [0.1, 0.15) is 17.0 Å². The molecular formula is C19H17F3N4O2S. The molecule has 0 saturated carbocycles. The van der Waals surface area contributed by atoms with Gasteiger partial charge >= 0.3 is 6.18 Å². The molecule has 3 aromatic rings. The molecule has 152 valence electrons. The summed E-state index contributed by atoms with van der Waals surface area (Å²) >= 11 is 4.80. The molecule has 0 saturated heterocycles. The van der Waals surface area contributed by atoms with Gasteiger partial charge in [0.1, 0.15) is 0 Å². The molecule has 0 bridgehead atoms. The molecule has 0 fully saturated rings. The van der Waals surface area contributed by atoms with Gasteiger partial charge < -0.3 is 9.47 Å². The molecule has 0 spiro atoms. The highest BCUT2D eigenvalue weighted by Crippen LogP contribution is 2.29. The maximum absolute atomic E-state index is 12.9. The highest BCUT2D eigenvalue weighted by molar-refractivity contribution is 7.71. The van der Waals surface area contributed by atoms with Crippen molar-refractivity contribution >= 4 is 18.4 Å². The largest absolute Gasteiger partial charge is 0.493 e. The third kappa shape index (κ3) is 5.23. The number of nitrogens with zero attached hydrogens (tertiary/aromatic N) is 3. The number of nitrogens with one attached hydrogen (secondary N) is 1. The smallest absolute Gasteiger partial charge is 0.453 e. The number of rotatable bonds is 7. The second-order valence-corrected chi connectivity index (χ2v) is 6.29. The van der Waals surface area contributed by atoms with E-state index in [1.165, 1.54) is 13.3 Å². The predicted octanol–water partition coefficient (Wildman–Crippen LogP) is 4.47. The number of aromatic amines is 1.